The van der Waals surface area contributed by atoms with Crippen molar-refractivity contribution in [3.8, 4) is 17.1 Å². The molecule has 0 saturated carbocycles. The number of hydrogen-bond donors (Lipinski definition) is 1. The molecule has 3 rings (SSSR count). The predicted molar refractivity (Wildman–Crippen MR) is 104 cm³/mol. The number of hydrogen-bond acceptors (Lipinski definition) is 6. The van der Waals surface area contributed by atoms with Gasteiger partial charge in [-0.15, -0.1) is 0 Å². The third kappa shape index (κ3) is 4.20. The van der Waals surface area contributed by atoms with E-state index in [9.17, 15) is 8.42 Å². The number of aromatic nitrogens is 2. The van der Waals surface area contributed by atoms with Crippen LogP contribution in [0.1, 0.15) is 17.0 Å². The number of nitrogens with one attached hydrogen (secondary N) is 1. The van der Waals surface area contributed by atoms with E-state index in [1.165, 1.54) is 6.07 Å². The number of ether oxygens (including phenoxy) is 1. The van der Waals surface area contributed by atoms with Crippen LogP contribution >= 0.6 is 15.9 Å². The molecule has 0 aliphatic heterocycles. The molecule has 0 amide bonds. The first-order valence-electron chi connectivity index (χ1n) is 8.04. The van der Waals surface area contributed by atoms with Gasteiger partial charge in [0.05, 0.1) is 18.6 Å². The fraction of sp³-hybridized carbons (Fsp3) is 0.222. The third-order valence-corrected chi connectivity index (χ3v) is 6.20. The SMILES string of the molecule is COc1ccc(S(=O)(=O)NCc2nc(-c3cccc(Br)c3)no2)c(C)c1C. The quantitative estimate of drug-likeness (QED) is 0.614. The van der Waals surface area contributed by atoms with Crippen LogP contribution in [0, 0.1) is 13.8 Å². The van der Waals surface area contributed by atoms with Crippen LogP contribution in [-0.2, 0) is 16.6 Å². The number of benzene rings is 2. The minimum absolute atomic E-state index is 0.103. The standard InChI is InChI=1S/C18H18BrN3O4S/c1-11-12(2)16(8-7-15(11)25-3)27(23,24)20-10-17-21-18(22-26-17)13-5-4-6-14(19)9-13/h4-9,20H,10H2,1-3H3. The van der Waals surface area contributed by atoms with E-state index in [1.807, 2.05) is 31.2 Å². The molecule has 1 heterocycles. The Hall–Kier alpha value is -2.23. The second kappa shape index (κ2) is 7.79. The van der Waals surface area contributed by atoms with Crippen molar-refractivity contribution in [2.24, 2.45) is 0 Å². The van der Waals surface area contributed by atoms with Crippen molar-refractivity contribution in [3.63, 3.8) is 0 Å². The Kier molecular flexibility index (Phi) is 5.64. The van der Waals surface area contributed by atoms with E-state index in [1.54, 1.807) is 20.1 Å². The van der Waals surface area contributed by atoms with E-state index >= 15 is 0 Å². The lowest BCUT2D eigenvalue weighted by Crippen LogP contribution is -2.24. The fourth-order valence-electron chi connectivity index (χ4n) is 2.59. The second-order valence-electron chi connectivity index (χ2n) is 5.86. The molecule has 0 radical (unpaired) electrons. The summed E-state index contributed by atoms with van der Waals surface area (Å²) in [4.78, 5) is 4.43. The van der Waals surface area contributed by atoms with Crippen molar-refractivity contribution in [3.05, 3.63) is 57.9 Å². The molecule has 3 aromatic rings. The zero-order valence-electron chi connectivity index (χ0n) is 15.0. The summed E-state index contributed by atoms with van der Waals surface area (Å²) in [7, 11) is -2.19. The van der Waals surface area contributed by atoms with Gasteiger partial charge in [0.2, 0.25) is 21.7 Å². The number of rotatable bonds is 6. The van der Waals surface area contributed by atoms with Gasteiger partial charge in [-0.25, -0.2) is 13.1 Å². The van der Waals surface area contributed by atoms with Gasteiger partial charge in [0.25, 0.3) is 0 Å². The van der Waals surface area contributed by atoms with Crippen molar-refractivity contribution in [2.75, 3.05) is 7.11 Å². The van der Waals surface area contributed by atoms with Crippen LogP contribution < -0.4 is 9.46 Å². The molecule has 1 N–H and O–H groups in total. The summed E-state index contributed by atoms with van der Waals surface area (Å²) in [5.74, 6) is 1.21. The van der Waals surface area contributed by atoms with Crippen LogP contribution in [0.2, 0.25) is 0 Å². The molecule has 142 valence electrons. The molecule has 0 spiro atoms. The van der Waals surface area contributed by atoms with Gasteiger partial charge in [-0.05, 0) is 49.2 Å². The van der Waals surface area contributed by atoms with Gasteiger partial charge in [0.1, 0.15) is 5.75 Å². The lowest BCUT2D eigenvalue weighted by atomic mass is 10.1. The highest BCUT2D eigenvalue weighted by atomic mass is 79.9. The Morgan fingerprint density at radius 3 is 2.67 bits per heavy atom. The Bertz CT molecular complexity index is 1080. The Morgan fingerprint density at radius 2 is 1.96 bits per heavy atom. The molecule has 0 aliphatic carbocycles. The lowest BCUT2D eigenvalue weighted by Gasteiger charge is -2.13. The summed E-state index contributed by atoms with van der Waals surface area (Å²) >= 11 is 3.38. The predicted octanol–water partition coefficient (Wildman–Crippen LogP) is 3.60. The maximum Gasteiger partial charge on any atom is 0.242 e. The molecule has 27 heavy (non-hydrogen) atoms. The molecule has 9 heteroatoms. The van der Waals surface area contributed by atoms with Gasteiger partial charge in [0, 0.05) is 10.0 Å². The van der Waals surface area contributed by atoms with Crippen molar-refractivity contribution in [2.45, 2.75) is 25.3 Å². The van der Waals surface area contributed by atoms with Gasteiger partial charge in [-0.3, -0.25) is 0 Å². The van der Waals surface area contributed by atoms with Crippen LogP contribution in [-0.4, -0.2) is 25.7 Å². The molecule has 0 saturated heterocycles. The third-order valence-electron chi connectivity index (χ3n) is 4.16. The molecule has 0 bridgehead atoms. The molecule has 0 aliphatic rings. The minimum Gasteiger partial charge on any atom is -0.496 e. The highest BCUT2D eigenvalue weighted by Crippen LogP contribution is 2.27. The average molecular weight is 452 g/mol. The first-order chi connectivity index (χ1) is 12.8. The summed E-state index contributed by atoms with van der Waals surface area (Å²) in [6.45, 7) is 3.45. The molecule has 7 nitrogen and oxygen atoms in total. The van der Waals surface area contributed by atoms with Crippen LogP contribution in [0.4, 0.5) is 0 Å². The van der Waals surface area contributed by atoms with Crippen LogP contribution in [0.15, 0.2) is 50.3 Å². The van der Waals surface area contributed by atoms with E-state index in [-0.39, 0.29) is 17.3 Å². The van der Waals surface area contributed by atoms with E-state index < -0.39 is 10.0 Å². The van der Waals surface area contributed by atoms with Gasteiger partial charge in [-0.1, -0.05) is 33.2 Å². The summed E-state index contributed by atoms with van der Waals surface area (Å²) in [5.41, 5.74) is 2.17. The first kappa shape index (κ1) is 19.5. The van der Waals surface area contributed by atoms with Crippen molar-refractivity contribution < 1.29 is 17.7 Å². The number of sulfonamides is 1. The summed E-state index contributed by atoms with van der Waals surface area (Å²) in [5, 5.41) is 3.90. The number of methoxy groups -OCH3 is 1. The molecule has 0 atom stereocenters. The molecule has 1 aromatic heterocycles. The van der Waals surface area contributed by atoms with Crippen molar-refractivity contribution in [1.29, 1.82) is 0 Å². The van der Waals surface area contributed by atoms with Gasteiger partial charge >= 0.3 is 0 Å². The van der Waals surface area contributed by atoms with Gasteiger partial charge in [0.15, 0.2) is 0 Å². The van der Waals surface area contributed by atoms with Crippen LogP contribution in [0.3, 0.4) is 0 Å². The zero-order valence-corrected chi connectivity index (χ0v) is 17.4. The van der Waals surface area contributed by atoms with E-state index in [2.05, 4.69) is 30.8 Å². The molecular formula is C18H18BrN3O4S. The zero-order chi connectivity index (χ0) is 19.6. The average Bonchev–Trinajstić information content (AvgIpc) is 3.11. The summed E-state index contributed by atoms with van der Waals surface area (Å²) in [6, 6.07) is 10.6. The Labute approximate surface area is 165 Å². The highest BCUT2D eigenvalue weighted by Gasteiger charge is 2.20. The first-order valence-corrected chi connectivity index (χ1v) is 10.3. The Balaban J connectivity index is 1.78. The lowest BCUT2D eigenvalue weighted by molar-refractivity contribution is 0.376. The topological polar surface area (TPSA) is 94.3 Å². The van der Waals surface area contributed by atoms with E-state index in [4.69, 9.17) is 9.26 Å². The largest absolute Gasteiger partial charge is 0.496 e. The maximum atomic E-state index is 12.7. The Morgan fingerprint density at radius 1 is 1.19 bits per heavy atom. The summed E-state index contributed by atoms with van der Waals surface area (Å²) < 4.78 is 39.1. The molecule has 0 unspecified atom stereocenters. The van der Waals surface area contributed by atoms with Crippen molar-refractivity contribution >= 4 is 26.0 Å². The van der Waals surface area contributed by atoms with Crippen LogP contribution in [0.5, 0.6) is 5.75 Å². The molecule has 0 fully saturated rings. The summed E-state index contributed by atoms with van der Waals surface area (Å²) in [6.07, 6.45) is 0. The van der Waals surface area contributed by atoms with Gasteiger partial charge in [-0.2, -0.15) is 4.98 Å². The number of nitrogens with zero attached hydrogens (tertiary/aromatic N) is 2. The maximum absolute atomic E-state index is 12.7. The van der Waals surface area contributed by atoms with Crippen molar-refractivity contribution in [1.82, 2.24) is 14.9 Å². The monoisotopic (exact) mass is 451 g/mol. The minimum atomic E-state index is -3.74. The molecule has 2 aromatic carbocycles. The van der Waals surface area contributed by atoms with E-state index in [0.717, 1.165) is 15.6 Å². The fourth-order valence-corrected chi connectivity index (χ4v) is 4.26. The smallest absolute Gasteiger partial charge is 0.242 e. The van der Waals surface area contributed by atoms with Gasteiger partial charge < -0.3 is 9.26 Å². The second-order valence-corrected chi connectivity index (χ2v) is 8.51. The molecular weight excluding hydrogens is 434 g/mol. The highest BCUT2D eigenvalue weighted by molar-refractivity contribution is 9.10. The van der Waals surface area contributed by atoms with E-state index in [0.29, 0.717) is 17.1 Å². The normalized spacial score (nSPS) is 11.6. The van der Waals surface area contributed by atoms with Crippen LogP contribution in [0.25, 0.3) is 11.4 Å². The number of halogens is 1.